The third-order valence-electron chi connectivity index (χ3n) is 5.62. The van der Waals surface area contributed by atoms with Gasteiger partial charge in [-0.25, -0.2) is 9.37 Å². The van der Waals surface area contributed by atoms with Crippen LogP contribution in [0.2, 0.25) is 0 Å². The zero-order valence-corrected chi connectivity index (χ0v) is 20.2. The summed E-state index contributed by atoms with van der Waals surface area (Å²) in [5, 5.41) is 8.93. The number of piperidine rings is 1. The lowest BCUT2D eigenvalue weighted by molar-refractivity contribution is -0.130. The molecule has 1 saturated heterocycles. The molecule has 0 atom stereocenters. The lowest BCUT2D eigenvalue weighted by Crippen LogP contribution is -2.43. The first kappa shape index (κ1) is 22.5. The monoisotopic (exact) mass is 458 g/mol. The number of likely N-dealkylation sites (N-methyl/N-ethyl adjacent to an activating group) is 1. The lowest BCUT2D eigenvalue weighted by Gasteiger charge is -2.31. The summed E-state index contributed by atoms with van der Waals surface area (Å²) in [6, 6.07) is 6.42. The van der Waals surface area contributed by atoms with Crippen LogP contribution in [0.15, 0.2) is 24.3 Å². The van der Waals surface area contributed by atoms with E-state index in [4.69, 9.17) is 10.1 Å². The molecule has 7 nitrogen and oxygen atoms in total. The fourth-order valence-corrected chi connectivity index (χ4v) is 4.69. The molecule has 32 heavy (non-hydrogen) atoms. The molecule has 4 rings (SSSR count). The number of imidazole rings is 1. The Hall–Kier alpha value is -2.68. The number of fused-ring (bicyclic) bond motifs is 1. The van der Waals surface area contributed by atoms with Gasteiger partial charge in [-0.3, -0.25) is 4.79 Å². The van der Waals surface area contributed by atoms with Crippen LogP contribution in [0.25, 0.3) is 16.2 Å². The van der Waals surface area contributed by atoms with Crippen molar-refractivity contribution in [3.63, 3.8) is 0 Å². The first-order valence-corrected chi connectivity index (χ1v) is 11.8. The maximum atomic E-state index is 13.9. The first-order valence-electron chi connectivity index (χ1n) is 11.0. The Balaban J connectivity index is 1.61. The Bertz CT molecular complexity index is 1110. The minimum atomic E-state index is -0.306. The molecule has 1 fully saturated rings. The van der Waals surface area contributed by atoms with Gasteiger partial charge >= 0.3 is 0 Å². The summed E-state index contributed by atoms with van der Waals surface area (Å²) >= 11 is 1.42. The van der Waals surface area contributed by atoms with Crippen molar-refractivity contribution in [2.24, 2.45) is 5.92 Å². The molecular formula is C23H31FN6OS. The summed E-state index contributed by atoms with van der Waals surface area (Å²) in [4.78, 5) is 22.0. The second-order valence-electron chi connectivity index (χ2n) is 9.69. The highest BCUT2D eigenvalue weighted by Gasteiger charge is 2.25. The minimum Gasteiger partial charge on any atom is -0.364 e. The van der Waals surface area contributed by atoms with E-state index in [0.29, 0.717) is 33.1 Å². The molecule has 0 radical (unpaired) electrons. The maximum Gasteiger partial charge on any atom is 0.242 e. The second-order valence-corrected chi connectivity index (χ2v) is 10.6. The minimum absolute atomic E-state index is 0.126. The predicted molar refractivity (Wildman–Crippen MR) is 128 cm³/mol. The van der Waals surface area contributed by atoms with E-state index in [1.54, 1.807) is 10.6 Å². The van der Waals surface area contributed by atoms with Gasteiger partial charge in [0, 0.05) is 31.2 Å². The molecule has 172 valence electrons. The summed E-state index contributed by atoms with van der Waals surface area (Å²) in [7, 11) is 1.88. The van der Waals surface area contributed by atoms with E-state index in [1.807, 2.05) is 22.9 Å². The van der Waals surface area contributed by atoms with Crippen LogP contribution in [0.1, 0.15) is 40.5 Å². The van der Waals surface area contributed by atoms with Crippen LogP contribution in [0.5, 0.6) is 0 Å². The lowest BCUT2D eigenvalue weighted by atomic mass is 9.99. The molecule has 3 aromatic rings. The Kier molecular flexibility index (Phi) is 6.11. The first-order chi connectivity index (χ1) is 15.1. The number of likely N-dealkylation sites (tertiary alicyclic amines) is 1. The number of hydrogen-bond acceptors (Lipinski definition) is 6. The zero-order chi connectivity index (χ0) is 23.0. The van der Waals surface area contributed by atoms with Crippen molar-refractivity contribution < 1.29 is 9.18 Å². The molecule has 9 heteroatoms. The van der Waals surface area contributed by atoms with Gasteiger partial charge in [0.2, 0.25) is 16.0 Å². The Morgan fingerprint density at radius 3 is 2.69 bits per heavy atom. The van der Waals surface area contributed by atoms with Crippen LogP contribution in [-0.2, 0) is 4.79 Å². The number of amides is 1. The number of nitrogens with zero attached hydrogens (tertiary/aromatic N) is 5. The van der Waals surface area contributed by atoms with Gasteiger partial charge < -0.3 is 15.1 Å². The van der Waals surface area contributed by atoms with E-state index in [0.717, 1.165) is 25.9 Å². The maximum absolute atomic E-state index is 13.9. The van der Waals surface area contributed by atoms with Gasteiger partial charge in [-0.15, -0.1) is 5.10 Å². The smallest absolute Gasteiger partial charge is 0.242 e. The van der Waals surface area contributed by atoms with Crippen molar-refractivity contribution >= 4 is 33.2 Å². The molecule has 0 bridgehead atoms. The average molecular weight is 459 g/mol. The molecule has 0 saturated carbocycles. The molecule has 0 unspecified atom stereocenters. The molecule has 1 aliphatic rings. The third-order valence-corrected chi connectivity index (χ3v) is 6.64. The van der Waals surface area contributed by atoms with E-state index in [2.05, 4.69) is 33.0 Å². The van der Waals surface area contributed by atoms with Gasteiger partial charge in [0.05, 0.1) is 6.54 Å². The molecular weight excluding hydrogens is 427 g/mol. The SMILES string of the molecule is CC1CCN(C(=O)CN(C)c2nn3c(NC(C)(C)C)c(-c4cccc(F)c4)nc3s2)CC1. The van der Waals surface area contributed by atoms with Crippen LogP contribution in [0, 0.1) is 11.7 Å². The second kappa shape index (κ2) is 8.69. The van der Waals surface area contributed by atoms with Crippen LogP contribution in [0.4, 0.5) is 15.3 Å². The number of rotatable bonds is 5. The van der Waals surface area contributed by atoms with Crippen molar-refractivity contribution in [2.75, 3.05) is 36.9 Å². The van der Waals surface area contributed by atoms with Gasteiger partial charge in [0.1, 0.15) is 11.5 Å². The number of carbonyl (C=O) groups is 1. The summed E-state index contributed by atoms with van der Waals surface area (Å²) in [5.41, 5.74) is 1.11. The summed E-state index contributed by atoms with van der Waals surface area (Å²) in [6.07, 6.45) is 2.12. The van der Waals surface area contributed by atoms with Crippen LogP contribution < -0.4 is 10.2 Å². The summed E-state index contributed by atoms with van der Waals surface area (Å²) in [6.45, 7) is 10.3. The normalized spacial score (nSPS) is 15.4. The van der Waals surface area contributed by atoms with Gasteiger partial charge in [0.15, 0.2) is 5.82 Å². The third kappa shape index (κ3) is 4.87. The van der Waals surface area contributed by atoms with E-state index in [1.165, 1.54) is 23.5 Å². The Morgan fingerprint density at radius 1 is 1.31 bits per heavy atom. The fourth-order valence-electron chi connectivity index (χ4n) is 3.83. The molecule has 1 N–H and O–H groups in total. The highest BCUT2D eigenvalue weighted by molar-refractivity contribution is 7.20. The van der Waals surface area contributed by atoms with Gasteiger partial charge in [-0.05, 0) is 51.7 Å². The Morgan fingerprint density at radius 2 is 2.03 bits per heavy atom. The topological polar surface area (TPSA) is 65.8 Å². The van der Waals surface area contributed by atoms with Crippen LogP contribution >= 0.6 is 11.3 Å². The van der Waals surface area contributed by atoms with Gasteiger partial charge in [-0.1, -0.05) is 30.4 Å². The molecule has 0 aliphatic carbocycles. The highest BCUT2D eigenvalue weighted by Crippen LogP contribution is 2.34. The van der Waals surface area contributed by atoms with Crippen molar-refractivity contribution in [1.29, 1.82) is 0 Å². The molecule has 0 spiro atoms. The molecule has 2 aromatic heterocycles. The van der Waals surface area contributed by atoms with Gasteiger partial charge in [-0.2, -0.15) is 4.52 Å². The summed E-state index contributed by atoms with van der Waals surface area (Å²) in [5.74, 6) is 1.22. The molecule has 1 amide bonds. The molecule has 1 aliphatic heterocycles. The Labute approximate surface area is 192 Å². The fraction of sp³-hybridized carbons (Fsp3) is 0.522. The number of benzene rings is 1. The quantitative estimate of drug-likeness (QED) is 0.610. The van der Waals surface area contributed by atoms with E-state index in [-0.39, 0.29) is 23.8 Å². The zero-order valence-electron chi connectivity index (χ0n) is 19.4. The van der Waals surface area contributed by atoms with Crippen molar-refractivity contribution in [3.05, 3.63) is 30.1 Å². The molecule has 3 heterocycles. The number of nitrogens with one attached hydrogen (secondary N) is 1. The van der Waals surface area contributed by atoms with Crippen molar-refractivity contribution in [2.45, 2.75) is 46.1 Å². The van der Waals surface area contributed by atoms with E-state index >= 15 is 0 Å². The number of carbonyl (C=O) groups excluding carboxylic acids is 1. The summed E-state index contributed by atoms with van der Waals surface area (Å²) < 4.78 is 15.6. The van der Waals surface area contributed by atoms with Crippen LogP contribution in [0.3, 0.4) is 0 Å². The molecule has 1 aromatic carbocycles. The average Bonchev–Trinajstić information content (AvgIpc) is 3.27. The van der Waals surface area contributed by atoms with Gasteiger partial charge in [0.25, 0.3) is 0 Å². The number of anilines is 2. The van der Waals surface area contributed by atoms with Crippen molar-refractivity contribution in [1.82, 2.24) is 19.5 Å². The number of aromatic nitrogens is 3. The van der Waals surface area contributed by atoms with Crippen LogP contribution in [-0.4, -0.2) is 57.6 Å². The van der Waals surface area contributed by atoms with Crippen molar-refractivity contribution in [3.8, 4) is 11.3 Å². The highest BCUT2D eigenvalue weighted by atomic mass is 32.1. The number of halogens is 1. The number of hydrogen-bond donors (Lipinski definition) is 1. The van der Waals surface area contributed by atoms with E-state index in [9.17, 15) is 9.18 Å². The largest absolute Gasteiger partial charge is 0.364 e. The predicted octanol–water partition coefficient (Wildman–Crippen LogP) is 4.50. The van der Waals surface area contributed by atoms with E-state index < -0.39 is 0 Å². The standard InChI is InChI=1S/C23H31FN6OS/c1-15-9-11-29(12-10-15)18(31)14-28(5)22-27-30-20(26-23(2,3)4)19(25-21(30)32-22)16-7-6-8-17(24)13-16/h6-8,13,15,26H,9-12,14H2,1-5H3.